The number of aromatic nitrogens is 1. The molecule has 0 unspecified atom stereocenters. The molecule has 13 rings (SSSR count). The summed E-state index contributed by atoms with van der Waals surface area (Å²) < 4.78 is 8.60. The first-order valence-corrected chi connectivity index (χ1v) is 22.2. The predicted octanol–water partition coefficient (Wildman–Crippen LogP) is 17.5. The Balaban J connectivity index is 1.04. The zero-order valence-electron chi connectivity index (χ0n) is 35.4. The first-order valence-electron chi connectivity index (χ1n) is 22.2. The second kappa shape index (κ2) is 15.0. The molecule has 0 aliphatic heterocycles. The van der Waals surface area contributed by atoms with Crippen molar-refractivity contribution in [3.63, 3.8) is 0 Å². The predicted molar refractivity (Wildman–Crippen MR) is 274 cm³/mol. The van der Waals surface area contributed by atoms with Crippen molar-refractivity contribution >= 4 is 82.4 Å². The van der Waals surface area contributed by atoms with Crippen LogP contribution in [0.15, 0.2) is 247 Å². The SMILES string of the molecule is c1ccc(-c2ccc(-c3cc4ccccc4c4ccccc34)cc2N(c2ccc(-c3ccc4oc5ccccc5c4c3)cc2)c2cccc(-n3c4ccccc4c4ccccc43)c2)cc1. The quantitative estimate of drug-likeness (QED) is 0.149. The average molecular weight is 829 g/mol. The lowest BCUT2D eigenvalue weighted by Gasteiger charge is -2.29. The van der Waals surface area contributed by atoms with E-state index in [-0.39, 0.29) is 0 Å². The summed E-state index contributed by atoms with van der Waals surface area (Å²) in [5, 5.41) is 9.70. The van der Waals surface area contributed by atoms with Crippen LogP contribution >= 0.6 is 0 Å². The minimum absolute atomic E-state index is 0.897. The second-order valence-electron chi connectivity index (χ2n) is 16.9. The molecule has 0 atom stereocenters. The highest BCUT2D eigenvalue weighted by Crippen LogP contribution is 2.46. The molecule has 2 heterocycles. The van der Waals surface area contributed by atoms with E-state index < -0.39 is 0 Å². The largest absolute Gasteiger partial charge is 0.456 e. The van der Waals surface area contributed by atoms with Crippen LogP contribution in [0.3, 0.4) is 0 Å². The molecule has 0 aliphatic rings. The van der Waals surface area contributed by atoms with Crippen molar-refractivity contribution in [3.05, 3.63) is 243 Å². The number of anilines is 3. The molecule has 0 spiro atoms. The molecule has 0 saturated carbocycles. The van der Waals surface area contributed by atoms with E-state index in [1.807, 2.05) is 12.1 Å². The van der Waals surface area contributed by atoms with E-state index in [1.54, 1.807) is 0 Å². The van der Waals surface area contributed by atoms with Crippen LogP contribution in [0.5, 0.6) is 0 Å². The lowest BCUT2D eigenvalue weighted by molar-refractivity contribution is 0.669. The van der Waals surface area contributed by atoms with Crippen LogP contribution in [0.2, 0.25) is 0 Å². The number of hydrogen-bond donors (Lipinski definition) is 0. The van der Waals surface area contributed by atoms with Gasteiger partial charge < -0.3 is 13.9 Å². The van der Waals surface area contributed by atoms with Gasteiger partial charge in [0.05, 0.1) is 16.7 Å². The average Bonchev–Trinajstić information content (AvgIpc) is 3.92. The Bertz CT molecular complexity index is 3900. The normalized spacial score (nSPS) is 11.7. The third-order valence-electron chi connectivity index (χ3n) is 13.2. The Labute approximate surface area is 376 Å². The van der Waals surface area contributed by atoms with E-state index >= 15 is 0 Å². The number of para-hydroxylation sites is 3. The molecule has 0 fully saturated rings. The number of nitrogens with zero attached hydrogens (tertiary/aromatic N) is 2. The summed E-state index contributed by atoms with van der Waals surface area (Å²) in [6, 6.07) is 88.0. The van der Waals surface area contributed by atoms with Gasteiger partial charge in [0.1, 0.15) is 11.2 Å². The van der Waals surface area contributed by atoms with Gasteiger partial charge in [-0.15, -0.1) is 0 Å². The fourth-order valence-corrected chi connectivity index (χ4v) is 10.1. The van der Waals surface area contributed by atoms with Crippen molar-refractivity contribution in [2.24, 2.45) is 0 Å². The summed E-state index contributed by atoms with van der Waals surface area (Å²) in [5.41, 5.74) is 15.4. The minimum atomic E-state index is 0.897. The molecule has 0 bridgehead atoms. The second-order valence-corrected chi connectivity index (χ2v) is 16.9. The summed E-state index contributed by atoms with van der Waals surface area (Å²) >= 11 is 0. The highest BCUT2D eigenvalue weighted by molar-refractivity contribution is 6.14. The Morgan fingerprint density at radius 2 is 0.923 bits per heavy atom. The van der Waals surface area contributed by atoms with Crippen LogP contribution in [0.4, 0.5) is 17.1 Å². The summed E-state index contributed by atoms with van der Waals surface area (Å²) in [5.74, 6) is 0. The van der Waals surface area contributed by atoms with E-state index in [4.69, 9.17) is 4.42 Å². The number of benzene rings is 11. The molecule has 3 nitrogen and oxygen atoms in total. The molecule has 0 amide bonds. The minimum Gasteiger partial charge on any atom is -0.456 e. The fraction of sp³-hybridized carbons (Fsp3) is 0. The van der Waals surface area contributed by atoms with Crippen LogP contribution in [-0.2, 0) is 0 Å². The number of rotatable bonds is 7. The molecule has 2 aromatic heterocycles. The molecular formula is C62H40N2O. The van der Waals surface area contributed by atoms with Gasteiger partial charge in [-0.05, 0) is 122 Å². The van der Waals surface area contributed by atoms with Gasteiger partial charge >= 0.3 is 0 Å². The van der Waals surface area contributed by atoms with Gasteiger partial charge in [-0.3, -0.25) is 0 Å². The topological polar surface area (TPSA) is 21.3 Å². The Morgan fingerprint density at radius 1 is 0.308 bits per heavy atom. The molecule has 11 aromatic carbocycles. The van der Waals surface area contributed by atoms with E-state index in [0.717, 1.165) is 72.5 Å². The third kappa shape index (κ3) is 6.12. The monoisotopic (exact) mass is 828 g/mol. The van der Waals surface area contributed by atoms with Gasteiger partial charge in [-0.1, -0.05) is 170 Å². The zero-order chi connectivity index (χ0) is 42.8. The van der Waals surface area contributed by atoms with Crippen LogP contribution in [0.1, 0.15) is 0 Å². The molecule has 0 aliphatic carbocycles. The van der Waals surface area contributed by atoms with Gasteiger partial charge in [-0.2, -0.15) is 0 Å². The molecular weight excluding hydrogens is 789 g/mol. The summed E-state index contributed by atoms with van der Waals surface area (Å²) in [6.07, 6.45) is 0. The molecule has 3 heteroatoms. The first-order chi connectivity index (χ1) is 32.2. The molecule has 0 radical (unpaired) electrons. The first kappa shape index (κ1) is 36.9. The van der Waals surface area contributed by atoms with Crippen molar-refractivity contribution in [3.8, 4) is 39.1 Å². The van der Waals surface area contributed by atoms with Crippen molar-refractivity contribution in [2.75, 3.05) is 4.90 Å². The summed E-state index contributed by atoms with van der Waals surface area (Å²) in [6.45, 7) is 0. The van der Waals surface area contributed by atoms with Crippen molar-refractivity contribution < 1.29 is 4.42 Å². The maximum atomic E-state index is 6.20. The van der Waals surface area contributed by atoms with E-state index in [0.29, 0.717) is 0 Å². The Hall–Kier alpha value is -8.66. The van der Waals surface area contributed by atoms with Gasteiger partial charge in [0, 0.05) is 44.2 Å². The Kier molecular flexibility index (Phi) is 8.53. The van der Waals surface area contributed by atoms with Crippen molar-refractivity contribution in [1.82, 2.24) is 4.57 Å². The summed E-state index contributed by atoms with van der Waals surface area (Å²) in [4.78, 5) is 2.45. The highest BCUT2D eigenvalue weighted by atomic mass is 16.3. The molecule has 13 aromatic rings. The van der Waals surface area contributed by atoms with E-state index in [2.05, 4.69) is 240 Å². The zero-order valence-corrected chi connectivity index (χ0v) is 35.4. The molecule has 0 N–H and O–H groups in total. The van der Waals surface area contributed by atoms with Gasteiger partial charge in [0.15, 0.2) is 0 Å². The lowest BCUT2D eigenvalue weighted by Crippen LogP contribution is -2.12. The summed E-state index contributed by atoms with van der Waals surface area (Å²) in [7, 11) is 0. The molecule has 0 saturated heterocycles. The standard InChI is InChI=1S/C62H40N2O/c1-2-15-42(16-3-1)50-35-31-45(56-38-44-17-4-5-20-49(44)51-21-6-7-22-52(51)56)39-60(50)63(46-33-29-41(30-34-46)43-32-36-62-57(37-43)55-25-10-13-28-61(55)65-62)47-18-14-19-48(40-47)64-58-26-11-8-23-53(58)54-24-9-12-27-59(54)64/h1-40H. The maximum absolute atomic E-state index is 6.20. The van der Waals surface area contributed by atoms with E-state index in [1.165, 1.54) is 48.9 Å². The maximum Gasteiger partial charge on any atom is 0.135 e. The van der Waals surface area contributed by atoms with Crippen LogP contribution in [0.25, 0.3) is 104 Å². The van der Waals surface area contributed by atoms with Gasteiger partial charge in [0.2, 0.25) is 0 Å². The van der Waals surface area contributed by atoms with Crippen LogP contribution in [-0.4, -0.2) is 4.57 Å². The van der Waals surface area contributed by atoms with Gasteiger partial charge in [-0.25, -0.2) is 0 Å². The molecule has 304 valence electrons. The Morgan fingerprint density at radius 3 is 1.71 bits per heavy atom. The fourth-order valence-electron chi connectivity index (χ4n) is 10.1. The number of fused-ring (bicyclic) bond motifs is 9. The molecule has 65 heavy (non-hydrogen) atoms. The van der Waals surface area contributed by atoms with Crippen LogP contribution in [0, 0.1) is 0 Å². The number of furan rings is 1. The van der Waals surface area contributed by atoms with Gasteiger partial charge in [0.25, 0.3) is 0 Å². The van der Waals surface area contributed by atoms with Crippen molar-refractivity contribution in [1.29, 1.82) is 0 Å². The highest BCUT2D eigenvalue weighted by Gasteiger charge is 2.22. The van der Waals surface area contributed by atoms with Crippen LogP contribution < -0.4 is 4.90 Å². The van der Waals surface area contributed by atoms with E-state index in [9.17, 15) is 0 Å². The smallest absolute Gasteiger partial charge is 0.135 e. The third-order valence-corrected chi connectivity index (χ3v) is 13.2. The van der Waals surface area contributed by atoms with Crippen molar-refractivity contribution in [2.45, 2.75) is 0 Å². The lowest BCUT2D eigenvalue weighted by atomic mass is 9.91. The number of hydrogen-bond acceptors (Lipinski definition) is 2.